The standard InChI is InChI=1S/C12H16Cl2N2/c1-15-11(5-8-3-2-4-8)12-10(14)6-9(13)7-16-12/h6-8,11,15H,2-5H2,1H3. The maximum absolute atomic E-state index is 6.16. The second-order valence-corrected chi connectivity index (χ2v) is 5.24. The summed E-state index contributed by atoms with van der Waals surface area (Å²) in [5.74, 6) is 0.825. The zero-order valence-corrected chi connectivity index (χ0v) is 10.9. The van der Waals surface area contributed by atoms with Crippen molar-refractivity contribution in [3.05, 3.63) is 28.0 Å². The molecule has 1 unspecified atom stereocenters. The van der Waals surface area contributed by atoms with E-state index in [0.29, 0.717) is 10.0 Å². The largest absolute Gasteiger partial charge is 0.312 e. The molecule has 4 heteroatoms. The Balaban J connectivity index is 2.11. The molecule has 1 fully saturated rings. The van der Waals surface area contributed by atoms with Gasteiger partial charge in [0.15, 0.2) is 0 Å². The maximum Gasteiger partial charge on any atom is 0.0760 e. The van der Waals surface area contributed by atoms with Gasteiger partial charge in [0, 0.05) is 6.20 Å². The third-order valence-corrected chi connectivity index (χ3v) is 3.82. The molecule has 0 saturated heterocycles. The van der Waals surface area contributed by atoms with Gasteiger partial charge >= 0.3 is 0 Å². The van der Waals surface area contributed by atoms with E-state index in [1.807, 2.05) is 7.05 Å². The first-order chi connectivity index (χ1) is 7.70. The number of pyridine rings is 1. The molecule has 1 aliphatic rings. The quantitative estimate of drug-likeness (QED) is 0.888. The van der Waals surface area contributed by atoms with Gasteiger partial charge in [0.05, 0.1) is 21.8 Å². The molecule has 88 valence electrons. The summed E-state index contributed by atoms with van der Waals surface area (Å²) in [7, 11) is 1.95. The lowest BCUT2D eigenvalue weighted by molar-refractivity contribution is 0.264. The molecule has 0 radical (unpaired) electrons. The molecule has 0 bridgehead atoms. The molecule has 1 saturated carbocycles. The van der Waals surface area contributed by atoms with Crippen LogP contribution in [0, 0.1) is 5.92 Å². The highest BCUT2D eigenvalue weighted by Gasteiger charge is 2.24. The van der Waals surface area contributed by atoms with Gasteiger partial charge in [-0.3, -0.25) is 4.98 Å². The summed E-state index contributed by atoms with van der Waals surface area (Å²) < 4.78 is 0. The highest BCUT2D eigenvalue weighted by molar-refractivity contribution is 6.34. The molecule has 1 heterocycles. The van der Waals surface area contributed by atoms with E-state index in [1.54, 1.807) is 12.3 Å². The molecule has 1 aliphatic carbocycles. The average Bonchev–Trinajstić information content (AvgIpc) is 2.18. The SMILES string of the molecule is CNC(CC1CCC1)c1ncc(Cl)cc1Cl. The van der Waals surface area contributed by atoms with E-state index in [4.69, 9.17) is 23.2 Å². The summed E-state index contributed by atoms with van der Waals surface area (Å²) >= 11 is 12.0. The summed E-state index contributed by atoms with van der Waals surface area (Å²) in [5, 5.41) is 4.54. The fourth-order valence-corrected chi connectivity index (χ4v) is 2.62. The number of hydrogen-bond donors (Lipinski definition) is 1. The highest BCUT2D eigenvalue weighted by Crippen LogP contribution is 2.36. The minimum atomic E-state index is 0.245. The van der Waals surface area contributed by atoms with Crippen molar-refractivity contribution in [3.63, 3.8) is 0 Å². The Hall–Kier alpha value is -0.310. The fraction of sp³-hybridized carbons (Fsp3) is 0.583. The van der Waals surface area contributed by atoms with Crippen LogP contribution in [0.25, 0.3) is 0 Å². The van der Waals surface area contributed by atoms with E-state index in [2.05, 4.69) is 10.3 Å². The van der Waals surface area contributed by atoms with Crippen LogP contribution in [0.5, 0.6) is 0 Å². The van der Waals surface area contributed by atoms with Crippen LogP contribution in [-0.4, -0.2) is 12.0 Å². The van der Waals surface area contributed by atoms with Crippen LogP contribution in [-0.2, 0) is 0 Å². The van der Waals surface area contributed by atoms with Crippen LogP contribution in [0.3, 0.4) is 0 Å². The van der Waals surface area contributed by atoms with Crippen LogP contribution in [0.2, 0.25) is 10.0 Å². The normalized spacial score (nSPS) is 18.2. The number of aromatic nitrogens is 1. The summed E-state index contributed by atoms with van der Waals surface area (Å²) in [6, 6.07) is 2.01. The van der Waals surface area contributed by atoms with E-state index in [0.717, 1.165) is 18.0 Å². The lowest BCUT2D eigenvalue weighted by atomic mass is 9.80. The molecule has 1 atom stereocenters. The second kappa shape index (κ2) is 5.35. The van der Waals surface area contributed by atoms with Crippen LogP contribution in [0.15, 0.2) is 12.3 Å². The van der Waals surface area contributed by atoms with E-state index >= 15 is 0 Å². The van der Waals surface area contributed by atoms with Crippen molar-refractivity contribution in [3.8, 4) is 0 Å². The van der Waals surface area contributed by atoms with Crippen molar-refractivity contribution in [1.82, 2.24) is 10.3 Å². The molecule has 1 aromatic rings. The van der Waals surface area contributed by atoms with Gasteiger partial charge in [-0.2, -0.15) is 0 Å². The fourth-order valence-electron chi connectivity index (χ4n) is 2.11. The maximum atomic E-state index is 6.16. The lowest BCUT2D eigenvalue weighted by Gasteiger charge is -2.29. The molecule has 0 aliphatic heterocycles. The Kier molecular flexibility index (Phi) is 4.06. The van der Waals surface area contributed by atoms with E-state index in [9.17, 15) is 0 Å². The Labute approximate surface area is 106 Å². The van der Waals surface area contributed by atoms with E-state index in [1.165, 1.54) is 19.3 Å². The molecular formula is C12H16Cl2N2. The zero-order valence-electron chi connectivity index (χ0n) is 9.34. The predicted octanol–water partition coefficient (Wildman–Crippen LogP) is 3.84. The number of nitrogens with one attached hydrogen (secondary N) is 1. The lowest BCUT2D eigenvalue weighted by Crippen LogP contribution is -2.24. The molecule has 0 spiro atoms. The highest BCUT2D eigenvalue weighted by atomic mass is 35.5. The molecule has 2 rings (SSSR count). The number of nitrogens with zero attached hydrogens (tertiary/aromatic N) is 1. The Morgan fingerprint density at radius 2 is 2.25 bits per heavy atom. The van der Waals surface area contributed by atoms with Crippen molar-refractivity contribution in [2.45, 2.75) is 31.7 Å². The first-order valence-corrected chi connectivity index (χ1v) is 6.44. The third-order valence-electron chi connectivity index (χ3n) is 3.31. The van der Waals surface area contributed by atoms with Crippen LogP contribution in [0.1, 0.15) is 37.4 Å². The molecular weight excluding hydrogens is 243 g/mol. The van der Waals surface area contributed by atoms with Crippen LogP contribution < -0.4 is 5.32 Å². The van der Waals surface area contributed by atoms with Gasteiger partial charge in [-0.1, -0.05) is 42.5 Å². The summed E-state index contributed by atoms with van der Waals surface area (Å²) in [4.78, 5) is 4.33. The first-order valence-electron chi connectivity index (χ1n) is 5.69. The Morgan fingerprint density at radius 3 is 2.75 bits per heavy atom. The van der Waals surface area contributed by atoms with Gasteiger partial charge in [-0.05, 0) is 25.5 Å². The summed E-state index contributed by atoms with van der Waals surface area (Å²) in [5.41, 5.74) is 0.917. The van der Waals surface area contributed by atoms with Gasteiger partial charge in [-0.25, -0.2) is 0 Å². The van der Waals surface area contributed by atoms with Crippen molar-refractivity contribution >= 4 is 23.2 Å². The zero-order chi connectivity index (χ0) is 11.5. The molecule has 2 nitrogen and oxygen atoms in total. The molecule has 1 N–H and O–H groups in total. The van der Waals surface area contributed by atoms with E-state index < -0.39 is 0 Å². The Morgan fingerprint density at radius 1 is 1.50 bits per heavy atom. The van der Waals surface area contributed by atoms with Crippen LogP contribution in [0.4, 0.5) is 0 Å². The van der Waals surface area contributed by atoms with Gasteiger partial charge < -0.3 is 5.32 Å². The first kappa shape index (κ1) is 12.2. The van der Waals surface area contributed by atoms with Gasteiger partial charge in [0.1, 0.15) is 0 Å². The molecule has 0 aromatic carbocycles. The number of rotatable bonds is 4. The molecule has 0 amide bonds. The van der Waals surface area contributed by atoms with Crippen molar-refractivity contribution in [2.75, 3.05) is 7.05 Å². The third kappa shape index (κ3) is 2.68. The average molecular weight is 259 g/mol. The number of hydrogen-bond acceptors (Lipinski definition) is 2. The van der Waals surface area contributed by atoms with E-state index in [-0.39, 0.29) is 6.04 Å². The van der Waals surface area contributed by atoms with Crippen LogP contribution >= 0.6 is 23.2 Å². The van der Waals surface area contributed by atoms with Crippen molar-refractivity contribution in [2.24, 2.45) is 5.92 Å². The molecule has 16 heavy (non-hydrogen) atoms. The molecule has 1 aromatic heterocycles. The number of halogens is 2. The van der Waals surface area contributed by atoms with Gasteiger partial charge in [0.2, 0.25) is 0 Å². The monoisotopic (exact) mass is 258 g/mol. The second-order valence-electron chi connectivity index (χ2n) is 4.39. The summed E-state index contributed by atoms with van der Waals surface area (Å²) in [6.45, 7) is 0. The summed E-state index contributed by atoms with van der Waals surface area (Å²) in [6.07, 6.45) is 6.81. The minimum Gasteiger partial charge on any atom is -0.312 e. The van der Waals surface area contributed by atoms with Gasteiger partial charge in [0.25, 0.3) is 0 Å². The van der Waals surface area contributed by atoms with Gasteiger partial charge in [-0.15, -0.1) is 0 Å². The smallest absolute Gasteiger partial charge is 0.0760 e. The van der Waals surface area contributed by atoms with Crippen molar-refractivity contribution in [1.29, 1.82) is 0 Å². The predicted molar refractivity (Wildman–Crippen MR) is 68.0 cm³/mol. The van der Waals surface area contributed by atoms with Crippen molar-refractivity contribution < 1.29 is 0 Å². The topological polar surface area (TPSA) is 24.9 Å². The Bertz CT molecular complexity index is 364. The minimum absolute atomic E-state index is 0.245.